The van der Waals surface area contributed by atoms with Gasteiger partial charge in [0.15, 0.2) is 0 Å². The van der Waals surface area contributed by atoms with Gasteiger partial charge >= 0.3 is 0 Å². The molecular formula is C19H16ClN3O3S. The quantitative estimate of drug-likeness (QED) is 0.662. The first-order valence-corrected chi connectivity index (χ1v) is 9.86. The second-order valence-corrected chi connectivity index (χ2v) is 7.75. The molecule has 0 aliphatic heterocycles. The number of anilines is 1. The van der Waals surface area contributed by atoms with E-state index in [0.717, 1.165) is 5.56 Å². The first-order valence-electron chi connectivity index (χ1n) is 8.00. The van der Waals surface area contributed by atoms with Crippen LogP contribution >= 0.6 is 11.6 Å². The molecule has 0 bridgehead atoms. The van der Waals surface area contributed by atoms with Crippen LogP contribution in [0, 0.1) is 0 Å². The fourth-order valence-corrected chi connectivity index (χ4v) is 3.71. The van der Waals surface area contributed by atoms with Gasteiger partial charge in [-0.2, -0.15) is 0 Å². The summed E-state index contributed by atoms with van der Waals surface area (Å²) in [4.78, 5) is 16.4. The maximum Gasteiger partial charge on any atom is 0.261 e. The SMILES string of the molecule is O=C(NCc1cccnc1)c1ccc(NS(=O)(=O)c2ccccc2)c(Cl)c1. The van der Waals surface area contributed by atoms with Crippen LogP contribution in [0.4, 0.5) is 5.69 Å². The van der Waals surface area contributed by atoms with Crippen LogP contribution in [0.1, 0.15) is 15.9 Å². The number of halogens is 1. The lowest BCUT2D eigenvalue weighted by Gasteiger charge is -2.11. The van der Waals surface area contributed by atoms with Crippen molar-refractivity contribution in [2.75, 3.05) is 4.72 Å². The normalized spacial score (nSPS) is 11.0. The third-order valence-corrected chi connectivity index (χ3v) is 5.40. The maximum absolute atomic E-state index is 12.4. The Balaban J connectivity index is 1.71. The van der Waals surface area contributed by atoms with Gasteiger partial charge in [-0.1, -0.05) is 35.9 Å². The molecule has 138 valence electrons. The Hall–Kier alpha value is -2.90. The molecule has 8 heteroatoms. The Morgan fingerprint density at radius 3 is 2.48 bits per heavy atom. The number of aromatic nitrogens is 1. The Bertz CT molecular complexity index is 1040. The third kappa shape index (κ3) is 4.84. The van der Waals surface area contributed by atoms with Crippen LogP contribution in [0.25, 0.3) is 0 Å². The minimum atomic E-state index is -3.76. The molecule has 3 aromatic rings. The highest BCUT2D eigenvalue weighted by molar-refractivity contribution is 7.92. The fourth-order valence-electron chi connectivity index (χ4n) is 2.33. The average Bonchev–Trinajstić information content (AvgIpc) is 2.69. The predicted molar refractivity (Wildman–Crippen MR) is 104 cm³/mol. The summed E-state index contributed by atoms with van der Waals surface area (Å²) in [6.07, 6.45) is 3.31. The van der Waals surface area contributed by atoms with E-state index in [1.54, 1.807) is 36.7 Å². The summed E-state index contributed by atoms with van der Waals surface area (Å²) in [6, 6.07) is 16.0. The van der Waals surface area contributed by atoms with Gasteiger partial charge in [0.1, 0.15) is 0 Å². The molecule has 0 atom stereocenters. The number of nitrogens with one attached hydrogen (secondary N) is 2. The molecule has 0 saturated carbocycles. The molecule has 0 aliphatic carbocycles. The molecule has 0 fully saturated rings. The van der Waals surface area contributed by atoms with Crippen molar-refractivity contribution in [2.45, 2.75) is 11.4 Å². The highest BCUT2D eigenvalue weighted by Gasteiger charge is 2.16. The number of amides is 1. The van der Waals surface area contributed by atoms with Gasteiger partial charge in [0.2, 0.25) is 0 Å². The standard InChI is InChI=1S/C19H16ClN3O3S/c20-17-11-15(19(24)22-13-14-5-4-10-21-12-14)8-9-18(17)23-27(25,26)16-6-2-1-3-7-16/h1-12,23H,13H2,(H,22,24). The topological polar surface area (TPSA) is 88.2 Å². The van der Waals surface area contributed by atoms with Crippen molar-refractivity contribution >= 4 is 33.2 Å². The van der Waals surface area contributed by atoms with Gasteiger partial charge in [-0.25, -0.2) is 8.42 Å². The van der Waals surface area contributed by atoms with Crippen molar-refractivity contribution < 1.29 is 13.2 Å². The third-order valence-electron chi connectivity index (χ3n) is 3.70. The van der Waals surface area contributed by atoms with Crippen molar-refractivity contribution in [1.29, 1.82) is 0 Å². The van der Waals surface area contributed by atoms with E-state index in [4.69, 9.17) is 11.6 Å². The van der Waals surface area contributed by atoms with Crippen LogP contribution in [0.5, 0.6) is 0 Å². The predicted octanol–water partition coefficient (Wildman–Crippen LogP) is 3.47. The monoisotopic (exact) mass is 401 g/mol. The second kappa shape index (κ2) is 8.20. The van der Waals surface area contributed by atoms with Crippen molar-refractivity contribution in [3.63, 3.8) is 0 Å². The Morgan fingerprint density at radius 2 is 1.81 bits per heavy atom. The smallest absolute Gasteiger partial charge is 0.261 e. The molecule has 0 saturated heterocycles. The zero-order valence-electron chi connectivity index (χ0n) is 14.1. The summed E-state index contributed by atoms with van der Waals surface area (Å²) in [6.45, 7) is 0.326. The van der Waals surface area contributed by atoms with Gasteiger partial charge in [-0.15, -0.1) is 0 Å². The molecule has 1 amide bonds. The summed E-state index contributed by atoms with van der Waals surface area (Å²) in [5.74, 6) is -0.321. The molecule has 1 heterocycles. The van der Waals surface area contributed by atoms with E-state index in [0.29, 0.717) is 12.1 Å². The van der Waals surface area contributed by atoms with E-state index in [1.807, 2.05) is 6.07 Å². The summed E-state index contributed by atoms with van der Waals surface area (Å²) in [5, 5.41) is 2.89. The summed E-state index contributed by atoms with van der Waals surface area (Å²) >= 11 is 6.17. The van der Waals surface area contributed by atoms with E-state index < -0.39 is 10.0 Å². The molecule has 2 N–H and O–H groups in total. The minimum Gasteiger partial charge on any atom is -0.348 e. The Morgan fingerprint density at radius 1 is 1.04 bits per heavy atom. The van der Waals surface area contributed by atoms with Crippen LogP contribution in [0.3, 0.4) is 0 Å². The molecule has 0 radical (unpaired) electrons. The lowest BCUT2D eigenvalue weighted by atomic mass is 10.2. The number of carbonyl (C=O) groups excluding carboxylic acids is 1. The first kappa shape index (κ1) is 18.9. The van der Waals surface area contributed by atoms with Crippen molar-refractivity contribution in [2.24, 2.45) is 0 Å². The summed E-state index contributed by atoms with van der Waals surface area (Å²) in [7, 11) is -3.76. The zero-order valence-corrected chi connectivity index (χ0v) is 15.7. The highest BCUT2D eigenvalue weighted by atomic mass is 35.5. The summed E-state index contributed by atoms with van der Waals surface area (Å²) < 4.78 is 27.2. The Labute approximate surface area is 162 Å². The largest absolute Gasteiger partial charge is 0.348 e. The highest BCUT2D eigenvalue weighted by Crippen LogP contribution is 2.25. The molecule has 6 nitrogen and oxygen atoms in total. The van der Waals surface area contributed by atoms with Gasteiger partial charge in [0.05, 0.1) is 15.6 Å². The number of carbonyl (C=O) groups is 1. The zero-order chi connectivity index (χ0) is 19.3. The minimum absolute atomic E-state index is 0.124. The number of rotatable bonds is 6. The maximum atomic E-state index is 12.4. The molecule has 0 unspecified atom stereocenters. The van der Waals surface area contributed by atoms with Gasteiger partial charge < -0.3 is 5.32 Å². The number of hydrogen-bond donors (Lipinski definition) is 2. The van der Waals surface area contributed by atoms with Crippen LogP contribution < -0.4 is 10.0 Å². The number of sulfonamides is 1. The molecular weight excluding hydrogens is 386 g/mol. The van der Waals surface area contributed by atoms with Crippen LogP contribution in [0.2, 0.25) is 5.02 Å². The van der Waals surface area contributed by atoms with E-state index in [9.17, 15) is 13.2 Å². The van der Waals surface area contributed by atoms with Gasteiger partial charge in [-0.3, -0.25) is 14.5 Å². The number of pyridine rings is 1. The number of benzene rings is 2. The first-order chi connectivity index (χ1) is 13.0. The van der Waals surface area contributed by atoms with Crippen LogP contribution in [-0.4, -0.2) is 19.3 Å². The lowest BCUT2D eigenvalue weighted by molar-refractivity contribution is 0.0951. The molecule has 0 aliphatic rings. The van der Waals surface area contributed by atoms with Crippen molar-refractivity contribution in [1.82, 2.24) is 10.3 Å². The van der Waals surface area contributed by atoms with Gasteiger partial charge in [0.25, 0.3) is 15.9 Å². The second-order valence-electron chi connectivity index (χ2n) is 5.66. The van der Waals surface area contributed by atoms with E-state index in [-0.39, 0.29) is 21.5 Å². The molecule has 27 heavy (non-hydrogen) atoms. The van der Waals surface area contributed by atoms with Crippen LogP contribution in [-0.2, 0) is 16.6 Å². The van der Waals surface area contributed by atoms with E-state index in [1.165, 1.54) is 30.3 Å². The van der Waals surface area contributed by atoms with E-state index >= 15 is 0 Å². The Kier molecular flexibility index (Phi) is 5.73. The molecule has 3 rings (SSSR count). The van der Waals surface area contributed by atoms with Crippen molar-refractivity contribution in [3.05, 3.63) is 89.2 Å². The molecule has 1 aromatic heterocycles. The van der Waals surface area contributed by atoms with Gasteiger partial charge in [0, 0.05) is 24.5 Å². The van der Waals surface area contributed by atoms with Gasteiger partial charge in [-0.05, 0) is 42.0 Å². The van der Waals surface area contributed by atoms with E-state index in [2.05, 4.69) is 15.0 Å². The molecule has 0 spiro atoms. The van der Waals surface area contributed by atoms with Crippen LogP contribution in [0.15, 0.2) is 78.0 Å². The summed E-state index contributed by atoms with van der Waals surface area (Å²) in [5.41, 5.74) is 1.39. The van der Waals surface area contributed by atoms with Crippen molar-refractivity contribution in [3.8, 4) is 0 Å². The number of nitrogens with zero attached hydrogens (tertiary/aromatic N) is 1. The fraction of sp³-hybridized carbons (Fsp3) is 0.0526. The lowest BCUT2D eigenvalue weighted by Crippen LogP contribution is -2.23. The average molecular weight is 402 g/mol. The number of hydrogen-bond acceptors (Lipinski definition) is 4. The molecule has 2 aromatic carbocycles.